The molecule has 22 heavy (non-hydrogen) atoms. The molecule has 0 radical (unpaired) electrons. The van der Waals surface area contributed by atoms with Gasteiger partial charge >= 0.3 is 0 Å². The molecule has 1 fully saturated rings. The molecule has 7 heteroatoms. The first kappa shape index (κ1) is 15.2. The number of allylic oxidation sites excluding steroid dienone is 1. The lowest BCUT2D eigenvalue weighted by Gasteiger charge is -2.35. The third-order valence-electron chi connectivity index (χ3n) is 4.24. The van der Waals surface area contributed by atoms with Gasteiger partial charge in [0.25, 0.3) is 0 Å². The molecule has 0 saturated carbocycles. The van der Waals surface area contributed by atoms with Gasteiger partial charge in [0.05, 0.1) is 12.7 Å². The molecule has 3 rings (SSSR count). The zero-order valence-electron chi connectivity index (χ0n) is 12.3. The molecule has 2 aliphatic heterocycles. The van der Waals surface area contributed by atoms with Crippen LogP contribution < -0.4 is 21.3 Å². The lowest BCUT2D eigenvalue weighted by Crippen LogP contribution is -2.41. The summed E-state index contributed by atoms with van der Waals surface area (Å²) in [6, 6.07) is 8.10. The van der Waals surface area contributed by atoms with Gasteiger partial charge in [-0.1, -0.05) is 15.9 Å². The largest absolute Gasteiger partial charge is 0.496 e. The number of nitrogens with one attached hydrogen (secondary N) is 2. The zero-order valence-corrected chi connectivity index (χ0v) is 13.8. The fraction of sp³-hybridized carbons (Fsp3) is 0.400. The molecule has 1 aromatic rings. The Hall–Kier alpha value is -1.75. The lowest BCUT2D eigenvalue weighted by molar-refractivity contribution is 0.0348. The van der Waals surface area contributed by atoms with Gasteiger partial charge in [-0.05, 0) is 25.1 Å². The molecule has 2 aliphatic rings. The Kier molecular flexibility index (Phi) is 4.00. The van der Waals surface area contributed by atoms with Gasteiger partial charge in [-0.15, -0.1) is 0 Å². The SMILES string of the molecule is COc1ccc(Br)cc1C1C(C#N)=C(N)OC2NNC(C)C21. The molecule has 0 amide bonds. The summed E-state index contributed by atoms with van der Waals surface area (Å²) in [7, 11) is 1.62. The number of fused-ring (bicyclic) bond motifs is 1. The molecule has 4 N–H and O–H groups in total. The van der Waals surface area contributed by atoms with E-state index in [-0.39, 0.29) is 30.0 Å². The van der Waals surface area contributed by atoms with Crippen LogP contribution in [0.4, 0.5) is 0 Å². The average Bonchev–Trinajstić information content (AvgIpc) is 2.86. The summed E-state index contributed by atoms with van der Waals surface area (Å²) >= 11 is 3.49. The van der Waals surface area contributed by atoms with Crippen LogP contribution in [-0.2, 0) is 4.74 Å². The second kappa shape index (κ2) is 5.80. The van der Waals surface area contributed by atoms with Crippen molar-refractivity contribution in [2.24, 2.45) is 11.7 Å². The maximum Gasteiger partial charge on any atom is 0.200 e. The molecular formula is C15H17BrN4O2. The number of hydrogen-bond donors (Lipinski definition) is 3. The van der Waals surface area contributed by atoms with Gasteiger partial charge < -0.3 is 15.2 Å². The minimum Gasteiger partial charge on any atom is -0.496 e. The van der Waals surface area contributed by atoms with Crippen molar-refractivity contribution in [3.63, 3.8) is 0 Å². The number of methoxy groups -OCH3 is 1. The van der Waals surface area contributed by atoms with Crippen molar-refractivity contribution >= 4 is 15.9 Å². The number of halogens is 1. The van der Waals surface area contributed by atoms with E-state index in [9.17, 15) is 5.26 Å². The van der Waals surface area contributed by atoms with Crippen LogP contribution in [0.1, 0.15) is 18.4 Å². The number of nitrogens with two attached hydrogens (primary N) is 1. The zero-order chi connectivity index (χ0) is 15.9. The predicted molar refractivity (Wildman–Crippen MR) is 84.4 cm³/mol. The first-order valence-electron chi connectivity index (χ1n) is 6.97. The van der Waals surface area contributed by atoms with E-state index in [1.165, 1.54) is 0 Å². The Morgan fingerprint density at radius 2 is 2.18 bits per heavy atom. The summed E-state index contributed by atoms with van der Waals surface area (Å²) in [5, 5.41) is 9.57. The van der Waals surface area contributed by atoms with Crippen LogP contribution in [0.15, 0.2) is 34.1 Å². The lowest BCUT2D eigenvalue weighted by atomic mass is 9.76. The van der Waals surface area contributed by atoms with Gasteiger partial charge in [-0.3, -0.25) is 5.43 Å². The molecule has 116 valence electrons. The summed E-state index contributed by atoms with van der Waals surface area (Å²) < 4.78 is 12.1. The molecule has 1 saturated heterocycles. The number of hydrogen-bond acceptors (Lipinski definition) is 6. The highest BCUT2D eigenvalue weighted by molar-refractivity contribution is 9.10. The Balaban J connectivity index is 2.18. The standard InChI is InChI=1S/C15H17BrN4O2/c1-7-12-13(9-5-8(16)3-4-11(9)21-2)10(6-17)14(18)22-15(12)20-19-7/h3-5,7,12-13,15,19-20H,18H2,1-2H3. The third kappa shape index (κ3) is 2.33. The molecule has 1 aromatic carbocycles. The normalized spacial score (nSPS) is 30.5. The van der Waals surface area contributed by atoms with Crippen LogP contribution in [0.2, 0.25) is 0 Å². The van der Waals surface area contributed by atoms with Crippen LogP contribution in [0.25, 0.3) is 0 Å². The number of rotatable bonds is 2. The molecule has 0 spiro atoms. The quantitative estimate of drug-likeness (QED) is 0.739. The highest BCUT2D eigenvalue weighted by atomic mass is 79.9. The van der Waals surface area contributed by atoms with Crippen molar-refractivity contribution in [3.05, 3.63) is 39.7 Å². The Morgan fingerprint density at radius 1 is 1.41 bits per heavy atom. The van der Waals surface area contributed by atoms with E-state index in [0.29, 0.717) is 5.57 Å². The third-order valence-corrected chi connectivity index (χ3v) is 4.74. The van der Waals surface area contributed by atoms with Gasteiger partial charge in [-0.25, -0.2) is 5.43 Å². The predicted octanol–water partition coefficient (Wildman–Crippen LogP) is 1.70. The monoisotopic (exact) mass is 364 g/mol. The molecule has 4 unspecified atom stereocenters. The minimum absolute atomic E-state index is 0.0325. The van der Waals surface area contributed by atoms with Crippen LogP contribution in [0, 0.1) is 17.2 Å². The summed E-state index contributed by atoms with van der Waals surface area (Å²) in [6.45, 7) is 2.05. The Morgan fingerprint density at radius 3 is 2.86 bits per heavy atom. The minimum atomic E-state index is -0.277. The van der Waals surface area contributed by atoms with E-state index in [4.69, 9.17) is 15.2 Å². The fourth-order valence-corrected chi connectivity index (χ4v) is 3.60. The number of nitriles is 1. The smallest absolute Gasteiger partial charge is 0.200 e. The van der Waals surface area contributed by atoms with E-state index in [0.717, 1.165) is 15.8 Å². The van der Waals surface area contributed by atoms with Crippen molar-refractivity contribution in [3.8, 4) is 11.8 Å². The van der Waals surface area contributed by atoms with Gasteiger partial charge in [-0.2, -0.15) is 5.26 Å². The first-order chi connectivity index (χ1) is 10.6. The van der Waals surface area contributed by atoms with Crippen LogP contribution in [0.5, 0.6) is 5.75 Å². The highest BCUT2D eigenvalue weighted by Gasteiger charge is 2.47. The highest BCUT2D eigenvalue weighted by Crippen LogP contribution is 2.46. The maximum absolute atomic E-state index is 9.57. The molecule has 2 heterocycles. The molecule has 0 aliphatic carbocycles. The number of benzene rings is 1. The summed E-state index contributed by atoms with van der Waals surface area (Å²) in [4.78, 5) is 0. The van der Waals surface area contributed by atoms with E-state index in [1.54, 1.807) is 7.11 Å². The van der Waals surface area contributed by atoms with E-state index >= 15 is 0 Å². The average molecular weight is 365 g/mol. The Bertz CT molecular complexity index is 670. The summed E-state index contributed by atoms with van der Waals surface area (Å²) in [5.41, 5.74) is 13.6. The van der Waals surface area contributed by atoms with Crippen molar-refractivity contribution in [2.75, 3.05) is 7.11 Å². The van der Waals surface area contributed by atoms with Crippen LogP contribution in [-0.4, -0.2) is 19.4 Å². The molecule has 0 bridgehead atoms. The number of hydrazine groups is 1. The van der Waals surface area contributed by atoms with E-state index in [1.807, 2.05) is 18.2 Å². The van der Waals surface area contributed by atoms with Crippen LogP contribution >= 0.6 is 15.9 Å². The summed E-state index contributed by atoms with van der Waals surface area (Å²) in [6.07, 6.45) is -0.277. The molecule has 4 atom stereocenters. The number of ether oxygens (including phenoxy) is 2. The van der Waals surface area contributed by atoms with Gasteiger partial charge in [0.15, 0.2) is 6.23 Å². The molecular weight excluding hydrogens is 348 g/mol. The molecule has 0 aromatic heterocycles. The Labute approximate surface area is 137 Å². The second-order valence-electron chi connectivity index (χ2n) is 5.45. The first-order valence-corrected chi connectivity index (χ1v) is 7.77. The van der Waals surface area contributed by atoms with Gasteiger partial charge in [0, 0.05) is 27.9 Å². The van der Waals surface area contributed by atoms with Gasteiger partial charge in [0.1, 0.15) is 11.8 Å². The molecule has 6 nitrogen and oxygen atoms in total. The second-order valence-corrected chi connectivity index (χ2v) is 6.36. The van der Waals surface area contributed by atoms with Gasteiger partial charge in [0.2, 0.25) is 5.88 Å². The topological polar surface area (TPSA) is 92.3 Å². The van der Waals surface area contributed by atoms with E-state index in [2.05, 4.69) is 39.8 Å². The summed E-state index contributed by atoms with van der Waals surface area (Å²) in [5.74, 6) is 0.728. The van der Waals surface area contributed by atoms with Crippen LogP contribution in [0.3, 0.4) is 0 Å². The fourth-order valence-electron chi connectivity index (χ4n) is 3.22. The van der Waals surface area contributed by atoms with Crippen molar-refractivity contribution in [1.82, 2.24) is 10.9 Å². The maximum atomic E-state index is 9.57. The van der Waals surface area contributed by atoms with E-state index < -0.39 is 0 Å². The number of nitrogens with zero attached hydrogens (tertiary/aromatic N) is 1. The van der Waals surface area contributed by atoms with Crippen molar-refractivity contribution in [2.45, 2.75) is 25.1 Å². The van der Waals surface area contributed by atoms with Crippen molar-refractivity contribution in [1.29, 1.82) is 5.26 Å². The van der Waals surface area contributed by atoms with Crippen molar-refractivity contribution < 1.29 is 9.47 Å².